The number of hydrogen-bond donors (Lipinski definition) is 2. The van der Waals surface area contributed by atoms with E-state index in [0.29, 0.717) is 11.3 Å². The standard InChI is InChI=1S/C17H15BrN2O2/c18-14-3-1-2-4-15(14)20-17(22)12-7-9-13(10-8-12)19-16(21)11-5-6-11/h1-4,7-11H,5-6H2,(H,19,21)(H,20,22). The summed E-state index contributed by atoms with van der Waals surface area (Å²) in [6, 6.07) is 14.3. The topological polar surface area (TPSA) is 58.2 Å². The van der Waals surface area contributed by atoms with Crippen molar-refractivity contribution in [3.8, 4) is 0 Å². The summed E-state index contributed by atoms with van der Waals surface area (Å²) < 4.78 is 0.830. The quantitative estimate of drug-likeness (QED) is 0.865. The minimum atomic E-state index is -0.188. The maximum absolute atomic E-state index is 12.2. The van der Waals surface area contributed by atoms with Crippen LogP contribution in [0.25, 0.3) is 0 Å². The van der Waals surface area contributed by atoms with Gasteiger partial charge in [0, 0.05) is 21.6 Å². The Morgan fingerprint density at radius 1 is 0.955 bits per heavy atom. The van der Waals surface area contributed by atoms with Crippen LogP contribution in [0.3, 0.4) is 0 Å². The minimum absolute atomic E-state index is 0.0606. The number of anilines is 2. The van der Waals surface area contributed by atoms with Crippen molar-refractivity contribution >= 4 is 39.1 Å². The zero-order valence-corrected chi connectivity index (χ0v) is 13.4. The number of halogens is 1. The van der Waals surface area contributed by atoms with Crippen LogP contribution < -0.4 is 10.6 Å². The molecular weight excluding hydrogens is 344 g/mol. The van der Waals surface area contributed by atoms with E-state index < -0.39 is 0 Å². The fourth-order valence-electron chi connectivity index (χ4n) is 2.05. The van der Waals surface area contributed by atoms with Crippen LogP contribution in [0.4, 0.5) is 11.4 Å². The van der Waals surface area contributed by atoms with E-state index in [9.17, 15) is 9.59 Å². The maximum Gasteiger partial charge on any atom is 0.255 e. The van der Waals surface area contributed by atoms with Gasteiger partial charge in [-0.25, -0.2) is 0 Å². The monoisotopic (exact) mass is 358 g/mol. The highest BCUT2D eigenvalue weighted by molar-refractivity contribution is 9.10. The van der Waals surface area contributed by atoms with Crippen LogP contribution in [0.2, 0.25) is 0 Å². The third-order valence-electron chi connectivity index (χ3n) is 3.48. The molecule has 0 radical (unpaired) electrons. The molecule has 112 valence electrons. The number of nitrogens with one attached hydrogen (secondary N) is 2. The lowest BCUT2D eigenvalue weighted by Crippen LogP contribution is -2.14. The molecule has 2 aromatic rings. The zero-order chi connectivity index (χ0) is 15.5. The normalized spacial score (nSPS) is 13.5. The molecule has 2 N–H and O–H groups in total. The predicted octanol–water partition coefficient (Wildman–Crippen LogP) is 4.05. The molecule has 1 aliphatic carbocycles. The average molecular weight is 359 g/mol. The molecule has 1 aliphatic rings. The van der Waals surface area contributed by atoms with Crippen molar-refractivity contribution in [2.75, 3.05) is 10.6 Å². The van der Waals surface area contributed by atoms with E-state index >= 15 is 0 Å². The number of amides is 2. The van der Waals surface area contributed by atoms with Crippen molar-refractivity contribution < 1.29 is 9.59 Å². The van der Waals surface area contributed by atoms with Crippen molar-refractivity contribution in [1.29, 1.82) is 0 Å². The first-order valence-corrected chi connectivity index (χ1v) is 7.89. The van der Waals surface area contributed by atoms with Gasteiger partial charge in [-0.15, -0.1) is 0 Å². The fraction of sp³-hybridized carbons (Fsp3) is 0.176. The van der Waals surface area contributed by atoms with Crippen molar-refractivity contribution in [2.45, 2.75) is 12.8 Å². The number of para-hydroxylation sites is 1. The second-order valence-corrected chi connectivity index (χ2v) is 6.13. The van der Waals surface area contributed by atoms with Crippen LogP contribution in [0, 0.1) is 5.92 Å². The van der Waals surface area contributed by atoms with Crippen molar-refractivity contribution in [2.24, 2.45) is 5.92 Å². The molecule has 4 nitrogen and oxygen atoms in total. The molecule has 1 saturated carbocycles. The third-order valence-corrected chi connectivity index (χ3v) is 4.18. The lowest BCUT2D eigenvalue weighted by atomic mass is 10.2. The smallest absolute Gasteiger partial charge is 0.255 e. The van der Waals surface area contributed by atoms with Crippen LogP contribution in [0.1, 0.15) is 23.2 Å². The highest BCUT2D eigenvalue weighted by atomic mass is 79.9. The summed E-state index contributed by atoms with van der Waals surface area (Å²) >= 11 is 3.39. The van der Waals surface area contributed by atoms with Crippen LogP contribution in [-0.4, -0.2) is 11.8 Å². The molecule has 0 aromatic heterocycles. The van der Waals surface area contributed by atoms with Gasteiger partial charge in [-0.2, -0.15) is 0 Å². The summed E-state index contributed by atoms with van der Waals surface area (Å²) in [5.74, 6) is 0.0378. The largest absolute Gasteiger partial charge is 0.326 e. The molecule has 0 heterocycles. The lowest BCUT2D eigenvalue weighted by Gasteiger charge is -2.08. The van der Waals surface area contributed by atoms with Crippen molar-refractivity contribution in [3.63, 3.8) is 0 Å². The Labute approximate surface area is 137 Å². The number of carbonyl (C=O) groups is 2. The van der Waals surface area contributed by atoms with Gasteiger partial charge in [0.15, 0.2) is 0 Å². The molecule has 1 fully saturated rings. The summed E-state index contributed by atoms with van der Waals surface area (Å²) in [5, 5.41) is 5.69. The first kappa shape index (κ1) is 14.8. The molecule has 0 saturated heterocycles. The molecule has 3 rings (SSSR count). The number of benzene rings is 2. The molecule has 5 heteroatoms. The summed E-state index contributed by atoms with van der Waals surface area (Å²) in [5.41, 5.74) is 1.98. The molecule has 22 heavy (non-hydrogen) atoms. The fourth-order valence-corrected chi connectivity index (χ4v) is 2.44. The van der Waals surface area contributed by atoms with Gasteiger partial charge in [-0.05, 0) is 65.2 Å². The Morgan fingerprint density at radius 2 is 1.64 bits per heavy atom. The van der Waals surface area contributed by atoms with Gasteiger partial charge in [-0.1, -0.05) is 12.1 Å². The molecule has 0 spiro atoms. The van der Waals surface area contributed by atoms with Gasteiger partial charge in [0.1, 0.15) is 0 Å². The van der Waals surface area contributed by atoms with Gasteiger partial charge in [0.25, 0.3) is 5.91 Å². The lowest BCUT2D eigenvalue weighted by molar-refractivity contribution is -0.117. The number of carbonyl (C=O) groups excluding carboxylic acids is 2. The second kappa shape index (κ2) is 6.32. The van der Waals surface area contributed by atoms with Gasteiger partial charge in [0.2, 0.25) is 5.91 Å². The highest BCUT2D eigenvalue weighted by Crippen LogP contribution is 2.30. The van der Waals surface area contributed by atoms with Gasteiger partial charge >= 0.3 is 0 Å². The van der Waals surface area contributed by atoms with Gasteiger partial charge in [-0.3, -0.25) is 9.59 Å². The van der Waals surface area contributed by atoms with E-state index in [2.05, 4.69) is 26.6 Å². The Kier molecular flexibility index (Phi) is 4.24. The summed E-state index contributed by atoms with van der Waals surface area (Å²) in [7, 11) is 0. The van der Waals surface area contributed by atoms with Crippen LogP contribution in [0.15, 0.2) is 53.0 Å². The Bertz CT molecular complexity index is 709. The first-order chi connectivity index (χ1) is 10.6. The summed E-state index contributed by atoms with van der Waals surface area (Å²) in [6.45, 7) is 0. The van der Waals surface area contributed by atoms with E-state index in [4.69, 9.17) is 0 Å². The SMILES string of the molecule is O=C(Nc1ccccc1Br)c1ccc(NC(=O)C2CC2)cc1. The third kappa shape index (κ3) is 3.54. The Hall–Kier alpha value is -2.14. The maximum atomic E-state index is 12.2. The molecule has 0 atom stereocenters. The highest BCUT2D eigenvalue weighted by Gasteiger charge is 2.29. The Morgan fingerprint density at radius 3 is 2.27 bits per heavy atom. The van der Waals surface area contributed by atoms with Crippen molar-refractivity contribution in [3.05, 3.63) is 58.6 Å². The molecule has 0 bridgehead atoms. The summed E-state index contributed by atoms with van der Waals surface area (Å²) in [6.07, 6.45) is 1.94. The molecular formula is C17H15BrN2O2. The second-order valence-electron chi connectivity index (χ2n) is 5.27. The van der Waals surface area contributed by atoms with E-state index in [1.807, 2.05) is 24.3 Å². The van der Waals surface area contributed by atoms with Crippen LogP contribution in [-0.2, 0) is 4.79 Å². The van der Waals surface area contributed by atoms with Crippen molar-refractivity contribution in [1.82, 2.24) is 0 Å². The number of hydrogen-bond acceptors (Lipinski definition) is 2. The van der Waals surface area contributed by atoms with E-state index in [0.717, 1.165) is 23.0 Å². The van der Waals surface area contributed by atoms with Crippen LogP contribution >= 0.6 is 15.9 Å². The van der Waals surface area contributed by atoms with Crippen LogP contribution in [0.5, 0.6) is 0 Å². The average Bonchev–Trinajstić information content (AvgIpc) is 3.35. The molecule has 2 amide bonds. The van der Waals surface area contributed by atoms with E-state index in [-0.39, 0.29) is 17.7 Å². The molecule has 2 aromatic carbocycles. The van der Waals surface area contributed by atoms with Gasteiger partial charge in [0.05, 0.1) is 5.69 Å². The zero-order valence-electron chi connectivity index (χ0n) is 11.8. The number of rotatable bonds is 4. The predicted molar refractivity (Wildman–Crippen MR) is 89.9 cm³/mol. The molecule has 0 aliphatic heterocycles. The summed E-state index contributed by atoms with van der Waals surface area (Å²) in [4.78, 5) is 23.9. The Balaban J connectivity index is 1.65. The minimum Gasteiger partial charge on any atom is -0.326 e. The first-order valence-electron chi connectivity index (χ1n) is 7.10. The van der Waals surface area contributed by atoms with Gasteiger partial charge < -0.3 is 10.6 Å². The molecule has 0 unspecified atom stereocenters. The van der Waals surface area contributed by atoms with E-state index in [1.165, 1.54) is 0 Å². The van der Waals surface area contributed by atoms with E-state index in [1.54, 1.807) is 24.3 Å².